The number of hydrogen-bond acceptors (Lipinski definition) is 4. The highest BCUT2D eigenvalue weighted by Gasteiger charge is 2.11. The van der Waals surface area contributed by atoms with Gasteiger partial charge in [-0.15, -0.1) is 0 Å². The maximum Gasteiger partial charge on any atom is 0.239 e. The highest BCUT2D eigenvalue weighted by Crippen LogP contribution is 2.10. The van der Waals surface area contributed by atoms with Crippen molar-refractivity contribution in [1.82, 2.24) is 9.88 Å². The molecule has 0 saturated carbocycles. The number of pyridine rings is 1. The van der Waals surface area contributed by atoms with Crippen LogP contribution < -0.4 is 5.32 Å². The molecule has 0 radical (unpaired) electrons. The Morgan fingerprint density at radius 1 is 1.23 bits per heavy atom. The van der Waals surface area contributed by atoms with Crippen molar-refractivity contribution < 1.29 is 9.90 Å². The van der Waals surface area contributed by atoms with Crippen LogP contribution in [-0.4, -0.2) is 40.6 Å². The van der Waals surface area contributed by atoms with Gasteiger partial charge >= 0.3 is 0 Å². The van der Waals surface area contributed by atoms with Crippen molar-refractivity contribution in [2.75, 3.05) is 25.0 Å². The molecule has 22 heavy (non-hydrogen) atoms. The van der Waals surface area contributed by atoms with E-state index < -0.39 is 0 Å². The summed E-state index contributed by atoms with van der Waals surface area (Å²) in [5, 5.41) is 12.4. The van der Waals surface area contributed by atoms with Crippen LogP contribution in [0, 0.1) is 0 Å². The second kappa shape index (κ2) is 8.48. The second-order valence-corrected chi connectivity index (χ2v) is 5.27. The van der Waals surface area contributed by atoms with E-state index in [1.165, 1.54) is 6.20 Å². The van der Waals surface area contributed by atoms with Crippen molar-refractivity contribution in [3.05, 3.63) is 59.2 Å². The maximum absolute atomic E-state index is 12.1. The number of carbonyl (C=O) groups excluding carboxylic acids is 1. The van der Waals surface area contributed by atoms with Crippen LogP contribution in [0.1, 0.15) is 5.56 Å². The summed E-state index contributed by atoms with van der Waals surface area (Å²) in [6.07, 6.45) is 1.48. The first-order valence-corrected chi connectivity index (χ1v) is 7.33. The van der Waals surface area contributed by atoms with E-state index in [1.807, 2.05) is 35.2 Å². The van der Waals surface area contributed by atoms with Crippen molar-refractivity contribution >= 4 is 23.3 Å². The molecule has 0 spiro atoms. The highest BCUT2D eigenvalue weighted by molar-refractivity contribution is 6.30. The van der Waals surface area contributed by atoms with Crippen molar-refractivity contribution in [3.8, 4) is 0 Å². The predicted molar refractivity (Wildman–Crippen MR) is 86.7 cm³/mol. The molecule has 2 N–H and O–H groups in total. The van der Waals surface area contributed by atoms with Crippen LogP contribution in [0.25, 0.3) is 0 Å². The second-order valence-electron chi connectivity index (χ2n) is 4.83. The standard InChI is InChI=1S/C16H18ClN3O2/c17-14-6-7-15(18-10-14)19-16(22)12-20(8-9-21)11-13-4-2-1-3-5-13/h1-7,10,21H,8-9,11-12H2,(H,18,19,22). The molecule has 5 nitrogen and oxygen atoms in total. The van der Waals surface area contributed by atoms with E-state index in [1.54, 1.807) is 12.1 Å². The first kappa shape index (κ1) is 16.4. The Bertz CT molecular complexity index is 590. The van der Waals surface area contributed by atoms with Crippen LogP contribution in [0.3, 0.4) is 0 Å². The van der Waals surface area contributed by atoms with Gasteiger partial charge in [-0.3, -0.25) is 9.69 Å². The van der Waals surface area contributed by atoms with E-state index in [4.69, 9.17) is 16.7 Å². The van der Waals surface area contributed by atoms with Gasteiger partial charge in [0.25, 0.3) is 0 Å². The van der Waals surface area contributed by atoms with Crippen LogP contribution in [-0.2, 0) is 11.3 Å². The number of benzene rings is 1. The van der Waals surface area contributed by atoms with E-state index in [-0.39, 0.29) is 19.1 Å². The SMILES string of the molecule is O=C(CN(CCO)Cc1ccccc1)Nc1ccc(Cl)cn1. The number of aliphatic hydroxyl groups excluding tert-OH is 1. The summed E-state index contributed by atoms with van der Waals surface area (Å²) in [6.45, 7) is 1.21. The molecule has 2 rings (SSSR count). The Kier molecular flexibility index (Phi) is 6.33. The van der Waals surface area contributed by atoms with Gasteiger partial charge in [-0.2, -0.15) is 0 Å². The van der Waals surface area contributed by atoms with E-state index in [0.717, 1.165) is 5.56 Å². The summed E-state index contributed by atoms with van der Waals surface area (Å²) in [5.41, 5.74) is 1.09. The number of aliphatic hydroxyl groups is 1. The van der Waals surface area contributed by atoms with E-state index in [9.17, 15) is 4.79 Å². The summed E-state index contributed by atoms with van der Waals surface area (Å²) in [7, 11) is 0. The number of aromatic nitrogens is 1. The first-order chi connectivity index (χ1) is 10.7. The van der Waals surface area contributed by atoms with Gasteiger partial charge in [-0.25, -0.2) is 4.98 Å². The highest BCUT2D eigenvalue weighted by atomic mass is 35.5. The van der Waals surface area contributed by atoms with E-state index in [0.29, 0.717) is 23.9 Å². The normalized spacial score (nSPS) is 10.7. The number of hydrogen-bond donors (Lipinski definition) is 2. The third-order valence-electron chi connectivity index (χ3n) is 3.03. The number of nitrogens with one attached hydrogen (secondary N) is 1. The monoisotopic (exact) mass is 319 g/mol. The molecule has 0 unspecified atom stereocenters. The molecule has 0 bridgehead atoms. The molecule has 1 aromatic carbocycles. The molecular formula is C16H18ClN3O2. The fraction of sp³-hybridized carbons (Fsp3) is 0.250. The van der Waals surface area contributed by atoms with Gasteiger partial charge in [0.05, 0.1) is 18.2 Å². The van der Waals surface area contributed by atoms with Crippen molar-refractivity contribution in [1.29, 1.82) is 0 Å². The molecule has 0 aliphatic heterocycles. The average molecular weight is 320 g/mol. The summed E-state index contributed by atoms with van der Waals surface area (Å²) < 4.78 is 0. The van der Waals surface area contributed by atoms with Crippen LogP contribution in [0.15, 0.2) is 48.7 Å². The van der Waals surface area contributed by atoms with Crippen LogP contribution in [0.2, 0.25) is 5.02 Å². The first-order valence-electron chi connectivity index (χ1n) is 6.96. The van der Waals surface area contributed by atoms with Gasteiger partial charge in [0.1, 0.15) is 5.82 Å². The minimum atomic E-state index is -0.181. The smallest absolute Gasteiger partial charge is 0.239 e. The molecule has 0 atom stereocenters. The van der Waals surface area contributed by atoms with Gasteiger partial charge in [-0.1, -0.05) is 41.9 Å². The zero-order valence-electron chi connectivity index (χ0n) is 12.1. The largest absolute Gasteiger partial charge is 0.395 e. The number of anilines is 1. The third kappa shape index (κ3) is 5.44. The summed E-state index contributed by atoms with van der Waals surface area (Å²) in [5.74, 6) is 0.275. The van der Waals surface area contributed by atoms with E-state index in [2.05, 4.69) is 10.3 Å². The molecule has 0 saturated heterocycles. The minimum absolute atomic E-state index is 0.000686. The van der Waals surface area contributed by atoms with Gasteiger partial charge in [-0.05, 0) is 17.7 Å². The Morgan fingerprint density at radius 3 is 2.64 bits per heavy atom. The summed E-state index contributed by atoms with van der Waals surface area (Å²) in [6, 6.07) is 13.1. The van der Waals surface area contributed by atoms with Crippen LogP contribution in [0.5, 0.6) is 0 Å². The predicted octanol–water partition coefficient (Wildman–Crippen LogP) is 2.17. The molecule has 1 aromatic heterocycles. The van der Waals surface area contributed by atoms with E-state index >= 15 is 0 Å². The lowest BCUT2D eigenvalue weighted by Gasteiger charge is -2.20. The maximum atomic E-state index is 12.1. The number of carbonyl (C=O) groups is 1. The van der Waals surface area contributed by atoms with Crippen molar-refractivity contribution in [2.24, 2.45) is 0 Å². The molecule has 116 valence electrons. The van der Waals surface area contributed by atoms with Crippen molar-refractivity contribution in [2.45, 2.75) is 6.54 Å². The Balaban J connectivity index is 1.92. The lowest BCUT2D eigenvalue weighted by Crippen LogP contribution is -2.35. The molecule has 1 amide bonds. The summed E-state index contributed by atoms with van der Waals surface area (Å²) >= 11 is 5.75. The molecule has 6 heteroatoms. The van der Waals surface area contributed by atoms with Crippen LogP contribution >= 0.6 is 11.6 Å². The number of rotatable bonds is 7. The number of amides is 1. The molecule has 0 fully saturated rings. The molecule has 2 aromatic rings. The number of halogens is 1. The molecule has 0 aliphatic rings. The quantitative estimate of drug-likeness (QED) is 0.821. The average Bonchev–Trinajstić information content (AvgIpc) is 2.51. The molecule has 1 heterocycles. The fourth-order valence-electron chi connectivity index (χ4n) is 2.03. The number of nitrogens with zero attached hydrogens (tertiary/aromatic N) is 2. The third-order valence-corrected chi connectivity index (χ3v) is 3.25. The minimum Gasteiger partial charge on any atom is -0.395 e. The fourth-order valence-corrected chi connectivity index (χ4v) is 2.14. The van der Waals surface area contributed by atoms with Gasteiger partial charge < -0.3 is 10.4 Å². The van der Waals surface area contributed by atoms with Crippen LogP contribution in [0.4, 0.5) is 5.82 Å². The molecule has 0 aliphatic carbocycles. The van der Waals surface area contributed by atoms with Gasteiger partial charge in [0.2, 0.25) is 5.91 Å². The Labute approximate surface area is 134 Å². The topological polar surface area (TPSA) is 65.5 Å². The lowest BCUT2D eigenvalue weighted by atomic mass is 10.2. The molecular weight excluding hydrogens is 302 g/mol. The Hall–Kier alpha value is -1.95. The van der Waals surface area contributed by atoms with Gasteiger partial charge in [0.15, 0.2) is 0 Å². The Morgan fingerprint density at radius 2 is 2.00 bits per heavy atom. The zero-order valence-corrected chi connectivity index (χ0v) is 12.8. The van der Waals surface area contributed by atoms with Crippen molar-refractivity contribution in [3.63, 3.8) is 0 Å². The zero-order chi connectivity index (χ0) is 15.8. The van der Waals surface area contributed by atoms with Gasteiger partial charge in [0, 0.05) is 19.3 Å². The summed E-state index contributed by atoms with van der Waals surface area (Å²) in [4.78, 5) is 18.0. The lowest BCUT2D eigenvalue weighted by molar-refractivity contribution is -0.117.